The van der Waals surface area contributed by atoms with Crippen LogP contribution in [0.1, 0.15) is 19.5 Å². The number of hydrogen-bond acceptors (Lipinski definition) is 15. The van der Waals surface area contributed by atoms with Gasteiger partial charge in [0.2, 0.25) is 15.9 Å². The van der Waals surface area contributed by atoms with E-state index in [1.54, 1.807) is 18.2 Å². The maximum absolute atomic E-state index is 13.2. The van der Waals surface area contributed by atoms with Crippen molar-refractivity contribution in [3.05, 3.63) is 35.5 Å². The standard InChI is InChI=1S/C25H33N9O10S2/c1-25(2)20(22(36)34(25)44-46(39,40)41)30-21(35)19(16-12-45-24(28)29-16)31-43-18(23(37)38)11-42-15-4-5-17-14(6-15)10-33(32(17)3)9-13(7-26)8-27/h4-6,10,12-13,18,20H,7-9,11,26-27H2,1-3H3,(H4-,28,29,30,35,37,38,39,40,41)/b31-19-/t18-,20+/m0/s1. The van der Waals surface area contributed by atoms with Gasteiger partial charge in [-0.15, -0.1) is 16.0 Å². The Morgan fingerprint density at radius 2 is 2.00 bits per heavy atom. The summed E-state index contributed by atoms with van der Waals surface area (Å²) in [6.45, 7) is 3.60. The predicted molar refractivity (Wildman–Crippen MR) is 159 cm³/mol. The third kappa shape index (κ3) is 7.51. The Morgan fingerprint density at radius 1 is 1.30 bits per heavy atom. The van der Waals surface area contributed by atoms with Crippen molar-refractivity contribution in [2.75, 3.05) is 25.4 Å². The molecule has 0 aliphatic carbocycles. The molecule has 1 aliphatic heterocycles. The number of rotatable bonds is 15. The van der Waals surface area contributed by atoms with Gasteiger partial charge in [0.15, 0.2) is 17.9 Å². The van der Waals surface area contributed by atoms with Crippen LogP contribution in [0.25, 0.3) is 10.9 Å². The van der Waals surface area contributed by atoms with E-state index in [4.69, 9.17) is 26.8 Å². The number of fused-ring (bicyclic) bond motifs is 1. The van der Waals surface area contributed by atoms with Gasteiger partial charge in [-0.3, -0.25) is 9.59 Å². The van der Waals surface area contributed by atoms with Gasteiger partial charge in [-0.1, -0.05) is 5.16 Å². The first-order valence-corrected chi connectivity index (χ1v) is 15.8. The van der Waals surface area contributed by atoms with Gasteiger partial charge in [-0.05, 0) is 39.1 Å². The van der Waals surface area contributed by atoms with Gasteiger partial charge in [0.1, 0.15) is 24.1 Å². The Balaban J connectivity index is 1.49. The molecule has 0 spiro atoms. The predicted octanol–water partition coefficient (Wildman–Crippen LogP) is -2.21. The fraction of sp³-hybridized carbons (Fsp3) is 0.440. The van der Waals surface area contributed by atoms with Crippen LogP contribution in [0.4, 0.5) is 5.13 Å². The molecule has 250 valence electrons. The lowest BCUT2D eigenvalue weighted by Crippen LogP contribution is -2.76. The van der Waals surface area contributed by atoms with Crippen LogP contribution >= 0.6 is 11.3 Å². The SMILES string of the molecule is C[n+]1c2ccc(OC[C@H](O/N=C(\C(=O)N[C@@H]3C(=O)N(OS(=O)(=O)[O-])C3(C)C)c3csc(N)n3)C(=O)O)cc2cn1CC(CN)CN. The summed E-state index contributed by atoms with van der Waals surface area (Å²) in [5, 5.41) is 18.3. The van der Waals surface area contributed by atoms with Crippen molar-refractivity contribution >= 4 is 61.3 Å². The number of nitrogens with two attached hydrogens (primary N) is 3. The van der Waals surface area contributed by atoms with Crippen LogP contribution in [0, 0.1) is 5.92 Å². The molecular formula is C25H33N9O10S2. The number of anilines is 1. The number of benzene rings is 1. The van der Waals surface area contributed by atoms with Crippen molar-refractivity contribution in [2.24, 2.45) is 29.6 Å². The number of thiazole rings is 1. The summed E-state index contributed by atoms with van der Waals surface area (Å²) in [6, 6.07) is 3.81. The summed E-state index contributed by atoms with van der Waals surface area (Å²) >= 11 is 0.950. The molecule has 8 N–H and O–H groups in total. The van der Waals surface area contributed by atoms with Crippen molar-refractivity contribution < 1.29 is 51.0 Å². The first kappa shape index (κ1) is 34.5. The minimum absolute atomic E-state index is 0.0492. The van der Waals surface area contributed by atoms with Gasteiger partial charge in [0.05, 0.1) is 23.7 Å². The maximum Gasteiger partial charge on any atom is 0.351 e. The van der Waals surface area contributed by atoms with Crippen molar-refractivity contribution in [1.29, 1.82) is 0 Å². The van der Waals surface area contributed by atoms with Crippen LogP contribution in [-0.2, 0) is 47.5 Å². The molecule has 3 aromatic rings. The molecule has 2 amide bonds. The zero-order valence-corrected chi connectivity index (χ0v) is 26.5. The lowest BCUT2D eigenvalue weighted by molar-refractivity contribution is -0.731. The van der Waals surface area contributed by atoms with Crippen molar-refractivity contribution in [1.82, 2.24) is 20.0 Å². The van der Waals surface area contributed by atoms with Crippen LogP contribution in [0.15, 0.2) is 34.9 Å². The molecule has 4 rings (SSSR count). The van der Waals surface area contributed by atoms with E-state index in [2.05, 4.69) is 19.7 Å². The van der Waals surface area contributed by atoms with E-state index in [1.807, 2.05) is 22.6 Å². The van der Waals surface area contributed by atoms with Gasteiger partial charge < -0.3 is 41.8 Å². The molecular weight excluding hydrogens is 650 g/mol. The second kappa shape index (κ2) is 13.5. The Hall–Kier alpha value is -4.41. The van der Waals surface area contributed by atoms with Crippen molar-refractivity contribution in [3.8, 4) is 5.75 Å². The zero-order valence-electron chi connectivity index (χ0n) is 24.9. The molecule has 2 aromatic heterocycles. The number of β-lactam (4-membered cyclic amide) rings is 1. The maximum atomic E-state index is 13.2. The van der Waals surface area contributed by atoms with Gasteiger partial charge in [-0.2, -0.15) is 14.0 Å². The molecule has 1 aromatic carbocycles. The van der Waals surface area contributed by atoms with E-state index in [1.165, 1.54) is 19.2 Å². The first-order chi connectivity index (χ1) is 21.5. The highest BCUT2D eigenvalue weighted by atomic mass is 32.3. The number of aryl methyl sites for hydroxylation is 1. The van der Waals surface area contributed by atoms with Crippen LogP contribution in [0.3, 0.4) is 0 Å². The van der Waals surface area contributed by atoms with E-state index >= 15 is 0 Å². The third-order valence-electron chi connectivity index (χ3n) is 7.18. The average Bonchev–Trinajstić information content (AvgIpc) is 3.55. The average molecular weight is 684 g/mol. The van der Waals surface area contributed by atoms with Crippen LogP contribution < -0.4 is 31.9 Å². The third-order valence-corrected chi connectivity index (χ3v) is 8.18. The van der Waals surface area contributed by atoms with E-state index in [0.29, 0.717) is 30.4 Å². The van der Waals surface area contributed by atoms with Gasteiger partial charge in [0, 0.05) is 17.4 Å². The molecule has 0 bridgehead atoms. The highest BCUT2D eigenvalue weighted by molar-refractivity contribution is 7.80. The number of nitrogen functional groups attached to an aromatic ring is 1. The Kier molecular flexibility index (Phi) is 10.1. The first-order valence-electron chi connectivity index (χ1n) is 13.6. The molecule has 1 fully saturated rings. The summed E-state index contributed by atoms with van der Waals surface area (Å²) < 4.78 is 46.7. The molecule has 0 radical (unpaired) electrons. The van der Waals surface area contributed by atoms with E-state index < -0.39 is 58.2 Å². The molecule has 21 heteroatoms. The summed E-state index contributed by atoms with van der Waals surface area (Å²) in [5.41, 5.74) is 16.0. The lowest BCUT2D eigenvalue weighted by atomic mass is 9.84. The Labute approximate surface area is 266 Å². The minimum Gasteiger partial charge on any atom is -0.724 e. The molecule has 46 heavy (non-hydrogen) atoms. The molecule has 0 saturated carbocycles. The summed E-state index contributed by atoms with van der Waals surface area (Å²) in [4.78, 5) is 46.9. The van der Waals surface area contributed by atoms with E-state index in [-0.39, 0.29) is 16.7 Å². The number of ether oxygens (including phenoxy) is 1. The quantitative estimate of drug-likeness (QED) is 0.0284. The number of carboxylic acid groups (broad SMARTS) is 1. The van der Waals surface area contributed by atoms with Crippen LogP contribution in [-0.4, -0.2) is 93.7 Å². The molecule has 19 nitrogen and oxygen atoms in total. The van der Waals surface area contributed by atoms with Crippen LogP contribution in [0.5, 0.6) is 5.75 Å². The monoisotopic (exact) mass is 683 g/mol. The highest BCUT2D eigenvalue weighted by Crippen LogP contribution is 2.33. The number of carbonyl (C=O) groups excluding carboxylic acids is 2. The number of oxime groups is 1. The highest BCUT2D eigenvalue weighted by Gasteiger charge is 2.57. The van der Waals surface area contributed by atoms with Gasteiger partial charge >= 0.3 is 5.97 Å². The molecule has 2 atom stereocenters. The fourth-order valence-electron chi connectivity index (χ4n) is 4.54. The van der Waals surface area contributed by atoms with Gasteiger partial charge in [0.25, 0.3) is 17.9 Å². The normalized spacial score (nSPS) is 17.2. The molecule has 0 unspecified atom stereocenters. The number of carboxylic acids is 1. The number of hydrogen-bond donors (Lipinski definition) is 5. The lowest BCUT2D eigenvalue weighted by Gasteiger charge is -2.51. The zero-order chi connectivity index (χ0) is 34.0. The Morgan fingerprint density at radius 3 is 2.57 bits per heavy atom. The second-order valence-electron chi connectivity index (χ2n) is 10.8. The number of nitrogens with zero attached hydrogens (tertiary/aromatic N) is 5. The number of hydroxylamine groups is 2. The summed E-state index contributed by atoms with van der Waals surface area (Å²) in [7, 11) is -3.39. The molecule has 3 heterocycles. The van der Waals surface area contributed by atoms with E-state index in [9.17, 15) is 32.5 Å². The number of amides is 2. The minimum atomic E-state index is -5.27. The van der Waals surface area contributed by atoms with Crippen molar-refractivity contribution in [2.45, 2.75) is 38.1 Å². The van der Waals surface area contributed by atoms with Gasteiger partial charge in [-0.25, -0.2) is 18.2 Å². The Bertz CT molecular complexity index is 1770. The van der Waals surface area contributed by atoms with Crippen molar-refractivity contribution in [3.63, 3.8) is 0 Å². The van der Waals surface area contributed by atoms with E-state index in [0.717, 1.165) is 22.2 Å². The number of carbonyl (C=O) groups is 3. The number of aromatic nitrogens is 3. The largest absolute Gasteiger partial charge is 0.724 e. The molecule has 1 saturated heterocycles. The number of nitrogens with one attached hydrogen (secondary N) is 1. The smallest absolute Gasteiger partial charge is 0.351 e. The second-order valence-corrected chi connectivity index (χ2v) is 12.6. The molecule has 1 aliphatic rings. The fourth-order valence-corrected chi connectivity index (χ4v) is 5.54. The summed E-state index contributed by atoms with van der Waals surface area (Å²) in [6.07, 6.45) is 0.192. The number of aliphatic carboxylic acids is 1. The summed E-state index contributed by atoms with van der Waals surface area (Å²) in [5.74, 6) is -3.12. The topological polar surface area (TPSA) is 284 Å². The van der Waals surface area contributed by atoms with Crippen LogP contribution in [0.2, 0.25) is 0 Å².